The van der Waals surface area contributed by atoms with Crippen molar-refractivity contribution < 1.29 is 9.53 Å². The Balaban J connectivity index is 2.41. The van der Waals surface area contributed by atoms with E-state index < -0.39 is 0 Å². The predicted molar refractivity (Wildman–Crippen MR) is 34.2 cm³/mol. The lowest BCUT2D eigenvalue weighted by atomic mass is 10.1. The van der Waals surface area contributed by atoms with Crippen LogP contribution in [-0.2, 0) is 9.53 Å². The largest absolute Gasteiger partial charge is 0.373 e. The lowest BCUT2D eigenvalue weighted by molar-refractivity contribution is -0.105. The molecule has 9 heavy (non-hydrogen) atoms. The molecule has 2 nitrogen and oxygen atoms in total. The Kier molecular flexibility index (Phi) is 2.01. The van der Waals surface area contributed by atoms with E-state index >= 15 is 0 Å². The number of hydrogen-bond donors (Lipinski definition) is 0. The van der Waals surface area contributed by atoms with Gasteiger partial charge in [-0.05, 0) is 12.8 Å². The molecular formula is C7H10O2. The van der Waals surface area contributed by atoms with Gasteiger partial charge in [-0.3, -0.25) is 4.79 Å². The summed E-state index contributed by atoms with van der Waals surface area (Å²) in [5.74, 6) is 0. The maximum atomic E-state index is 10.1. The van der Waals surface area contributed by atoms with E-state index in [1.807, 2.05) is 0 Å². The van der Waals surface area contributed by atoms with Crippen LogP contribution in [0.2, 0.25) is 0 Å². The van der Waals surface area contributed by atoms with Crippen LogP contribution < -0.4 is 0 Å². The average Bonchev–Trinajstić information content (AvgIpc) is 2.37. The fraction of sp³-hybridized carbons (Fsp3) is 0.571. The van der Waals surface area contributed by atoms with Crippen molar-refractivity contribution in [2.45, 2.75) is 18.9 Å². The summed E-state index contributed by atoms with van der Waals surface area (Å²) in [6, 6.07) is 0. The lowest BCUT2D eigenvalue weighted by Crippen LogP contribution is -2.08. The van der Waals surface area contributed by atoms with Gasteiger partial charge in [0.15, 0.2) is 0 Å². The first-order chi connectivity index (χ1) is 4.34. The summed E-state index contributed by atoms with van der Waals surface area (Å²) in [7, 11) is 0. The summed E-state index contributed by atoms with van der Waals surface area (Å²) in [6.07, 6.45) is 2.80. The third-order valence-corrected chi connectivity index (χ3v) is 1.49. The van der Waals surface area contributed by atoms with Gasteiger partial charge in [-0.2, -0.15) is 0 Å². The van der Waals surface area contributed by atoms with Crippen molar-refractivity contribution in [3.05, 3.63) is 12.2 Å². The molecule has 1 fully saturated rings. The van der Waals surface area contributed by atoms with Gasteiger partial charge in [-0.1, -0.05) is 6.58 Å². The highest BCUT2D eigenvalue weighted by Crippen LogP contribution is 2.16. The normalized spacial score (nSPS) is 26.0. The smallest absolute Gasteiger partial charge is 0.148 e. The molecule has 1 atom stereocenters. The quantitative estimate of drug-likeness (QED) is 0.406. The van der Waals surface area contributed by atoms with Gasteiger partial charge in [0.05, 0.1) is 6.10 Å². The number of aldehydes is 1. The third-order valence-electron chi connectivity index (χ3n) is 1.49. The molecule has 0 aromatic rings. The molecule has 1 saturated heterocycles. The Labute approximate surface area is 54.5 Å². The fourth-order valence-electron chi connectivity index (χ4n) is 0.946. The average molecular weight is 126 g/mol. The van der Waals surface area contributed by atoms with Crippen molar-refractivity contribution in [3.8, 4) is 0 Å². The minimum absolute atomic E-state index is 0.0162. The van der Waals surface area contributed by atoms with Gasteiger partial charge >= 0.3 is 0 Å². The molecule has 0 aliphatic carbocycles. The molecule has 2 heteroatoms. The maximum absolute atomic E-state index is 10.1. The van der Waals surface area contributed by atoms with Gasteiger partial charge in [0.25, 0.3) is 0 Å². The van der Waals surface area contributed by atoms with E-state index in [0.29, 0.717) is 5.57 Å². The van der Waals surface area contributed by atoms with E-state index in [1.165, 1.54) is 0 Å². The van der Waals surface area contributed by atoms with E-state index in [2.05, 4.69) is 6.58 Å². The molecule has 0 aromatic heterocycles. The van der Waals surface area contributed by atoms with Crippen LogP contribution in [0.15, 0.2) is 12.2 Å². The molecule has 0 saturated carbocycles. The van der Waals surface area contributed by atoms with Crippen LogP contribution in [0.25, 0.3) is 0 Å². The van der Waals surface area contributed by atoms with Crippen LogP contribution in [0.5, 0.6) is 0 Å². The van der Waals surface area contributed by atoms with Crippen molar-refractivity contribution >= 4 is 6.29 Å². The second-order valence-corrected chi connectivity index (χ2v) is 2.19. The Hall–Kier alpha value is -0.630. The van der Waals surface area contributed by atoms with Gasteiger partial charge in [0.2, 0.25) is 0 Å². The molecule has 1 aliphatic heterocycles. The molecule has 0 spiro atoms. The zero-order valence-corrected chi connectivity index (χ0v) is 5.30. The van der Waals surface area contributed by atoms with Crippen LogP contribution in [0.1, 0.15) is 12.8 Å². The number of carbonyl (C=O) groups is 1. The number of carbonyl (C=O) groups excluding carboxylic acids is 1. The molecule has 1 rings (SSSR count). The van der Waals surface area contributed by atoms with Crippen LogP contribution in [-0.4, -0.2) is 19.0 Å². The Bertz CT molecular complexity index is 123. The van der Waals surface area contributed by atoms with Gasteiger partial charge < -0.3 is 4.74 Å². The monoisotopic (exact) mass is 126 g/mol. The highest BCUT2D eigenvalue weighted by Gasteiger charge is 2.17. The molecule has 0 radical (unpaired) electrons. The van der Waals surface area contributed by atoms with E-state index in [4.69, 9.17) is 4.74 Å². The van der Waals surface area contributed by atoms with Crippen molar-refractivity contribution in [3.63, 3.8) is 0 Å². The second-order valence-electron chi connectivity index (χ2n) is 2.19. The van der Waals surface area contributed by atoms with E-state index in [0.717, 1.165) is 25.7 Å². The van der Waals surface area contributed by atoms with E-state index in [1.54, 1.807) is 0 Å². The first-order valence-electron chi connectivity index (χ1n) is 3.10. The van der Waals surface area contributed by atoms with Crippen molar-refractivity contribution in [2.75, 3.05) is 6.61 Å². The SMILES string of the molecule is C=C(C=O)C1CCCO1. The molecule has 0 N–H and O–H groups in total. The standard InChI is InChI=1S/C7H10O2/c1-6(5-8)7-3-2-4-9-7/h5,7H,1-4H2. The third kappa shape index (κ3) is 1.39. The second kappa shape index (κ2) is 2.78. The molecule has 50 valence electrons. The maximum Gasteiger partial charge on any atom is 0.148 e. The first kappa shape index (κ1) is 6.49. The molecule has 1 aliphatic rings. The Morgan fingerprint density at radius 3 is 3.00 bits per heavy atom. The molecule has 1 unspecified atom stereocenters. The van der Waals surface area contributed by atoms with E-state index in [-0.39, 0.29) is 6.10 Å². The number of ether oxygens (including phenoxy) is 1. The number of rotatable bonds is 2. The fourth-order valence-corrected chi connectivity index (χ4v) is 0.946. The Morgan fingerprint density at radius 1 is 1.78 bits per heavy atom. The van der Waals surface area contributed by atoms with Gasteiger partial charge in [0, 0.05) is 12.2 Å². The van der Waals surface area contributed by atoms with Crippen LogP contribution in [0.3, 0.4) is 0 Å². The highest BCUT2D eigenvalue weighted by molar-refractivity contribution is 5.73. The van der Waals surface area contributed by atoms with Crippen molar-refractivity contribution in [1.82, 2.24) is 0 Å². The minimum atomic E-state index is 0.0162. The van der Waals surface area contributed by atoms with Crippen LogP contribution in [0, 0.1) is 0 Å². The summed E-state index contributed by atoms with van der Waals surface area (Å²) >= 11 is 0. The van der Waals surface area contributed by atoms with Crippen LogP contribution >= 0.6 is 0 Å². The topological polar surface area (TPSA) is 26.3 Å². The first-order valence-corrected chi connectivity index (χ1v) is 3.10. The van der Waals surface area contributed by atoms with Crippen LogP contribution in [0.4, 0.5) is 0 Å². The highest BCUT2D eigenvalue weighted by atomic mass is 16.5. The molecule has 0 aromatic carbocycles. The predicted octanol–water partition coefficient (Wildman–Crippen LogP) is 0.920. The zero-order valence-electron chi connectivity index (χ0n) is 5.30. The summed E-state index contributed by atoms with van der Waals surface area (Å²) in [6.45, 7) is 4.34. The van der Waals surface area contributed by atoms with Gasteiger partial charge in [-0.15, -0.1) is 0 Å². The van der Waals surface area contributed by atoms with Gasteiger partial charge in [0.1, 0.15) is 6.29 Å². The Morgan fingerprint density at radius 2 is 2.56 bits per heavy atom. The molecular weight excluding hydrogens is 116 g/mol. The molecule has 0 bridgehead atoms. The summed E-state index contributed by atoms with van der Waals surface area (Å²) in [5.41, 5.74) is 0.576. The molecule has 0 amide bonds. The zero-order chi connectivity index (χ0) is 6.69. The summed E-state index contributed by atoms with van der Waals surface area (Å²) in [4.78, 5) is 10.1. The lowest BCUT2D eigenvalue weighted by Gasteiger charge is -2.04. The van der Waals surface area contributed by atoms with Gasteiger partial charge in [-0.25, -0.2) is 0 Å². The van der Waals surface area contributed by atoms with Crippen molar-refractivity contribution in [2.24, 2.45) is 0 Å². The van der Waals surface area contributed by atoms with Crippen molar-refractivity contribution in [1.29, 1.82) is 0 Å². The number of hydrogen-bond acceptors (Lipinski definition) is 2. The van der Waals surface area contributed by atoms with E-state index in [9.17, 15) is 4.79 Å². The minimum Gasteiger partial charge on any atom is -0.373 e. The molecule has 1 heterocycles. The summed E-state index contributed by atoms with van der Waals surface area (Å²) < 4.78 is 5.17. The summed E-state index contributed by atoms with van der Waals surface area (Å²) in [5, 5.41) is 0.